The van der Waals surface area contributed by atoms with Crippen molar-refractivity contribution in [3.05, 3.63) is 70.5 Å². The number of hydrogen-bond donors (Lipinski definition) is 3. The van der Waals surface area contributed by atoms with Crippen molar-refractivity contribution in [3.63, 3.8) is 0 Å². The van der Waals surface area contributed by atoms with Crippen LogP contribution in [0.2, 0.25) is 0 Å². The smallest absolute Gasteiger partial charge is 0.269 e. The number of benzene rings is 2. The Labute approximate surface area is 142 Å². The van der Waals surface area contributed by atoms with Gasteiger partial charge in [0.2, 0.25) is 5.91 Å². The maximum Gasteiger partial charge on any atom is 0.269 e. The Balaban J connectivity index is 1.59. The normalized spacial score (nSPS) is 10.2. The molecule has 9 nitrogen and oxygen atoms in total. The van der Waals surface area contributed by atoms with Gasteiger partial charge in [-0.3, -0.25) is 30.9 Å². The number of aromatic nitrogens is 3. The second-order valence-electron chi connectivity index (χ2n) is 5.13. The molecule has 3 rings (SSSR count). The van der Waals surface area contributed by atoms with Gasteiger partial charge in [-0.15, -0.1) is 0 Å². The van der Waals surface area contributed by atoms with Gasteiger partial charge in [-0.2, -0.15) is 5.10 Å². The number of anilines is 1. The third-order valence-electron chi connectivity index (χ3n) is 3.32. The molecule has 126 valence electrons. The Morgan fingerprint density at radius 3 is 2.52 bits per heavy atom. The number of non-ortho nitro benzene ring substituents is 1. The zero-order valence-corrected chi connectivity index (χ0v) is 13.0. The molecule has 0 bridgehead atoms. The van der Waals surface area contributed by atoms with Gasteiger partial charge in [-0.25, -0.2) is 4.98 Å². The van der Waals surface area contributed by atoms with Crippen LogP contribution in [0.25, 0.3) is 11.4 Å². The second-order valence-corrected chi connectivity index (χ2v) is 5.13. The van der Waals surface area contributed by atoms with E-state index in [0.29, 0.717) is 17.2 Å². The van der Waals surface area contributed by atoms with E-state index in [1.165, 1.54) is 12.1 Å². The van der Waals surface area contributed by atoms with Crippen LogP contribution in [0.3, 0.4) is 0 Å². The van der Waals surface area contributed by atoms with Crippen LogP contribution in [0.15, 0.2) is 54.6 Å². The lowest BCUT2D eigenvalue weighted by molar-refractivity contribution is -0.384. The zero-order chi connectivity index (χ0) is 17.6. The van der Waals surface area contributed by atoms with Crippen molar-refractivity contribution in [2.24, 2.45) is 0 Å². The minimum Gasteiger partial charge on any atom is -0.299 e. The van der Waals surface area contributed by atoms with E-state index in [4.69, 9.17) is 0 Å². The molecule has 25 heavy (non-hydrogen) atoms. The number of nitro benzene ring substituents is 1. The molecular formula is C16H14N6O3. The van der Waals surface area contributed by atoms with Crippen LogP contribution in [0, 0.1) is 10.1 Å². The summed E-state index contributed by atoms with van der Waals surface area (Å²) in [7, 11) is 0. The number of rotatable bonds is 6. The molecule has 0 atom stereocenters. The summed E-state index contributed by atoms with van der Waals surface area (Å²) in [5.74, 6) is 0.477. The van der Waals surface area contributed by atoms with Gasteiger partial charge in [0.25, 0.3) is 5.69 Å². The Morgan fingerprint density at radius 1 is 1.12 bits per heavy atom. The molecule has 1 heterocycles. The first-order valence-electron chi connectivity index (χ1n) is 7.38. The predicted molar refractivity (Wildman–Crippen MR) is 90.4 cm³/mol. The number of aromatic amines is 1. The van der Waals surface area contributed by atoms with E-state index in [-0.39, 0.29) is 18.0 Å². The summed E-state index contributed by atoms with van der Waals surface area (Å²) in [5, 5.41) is 17.4. The number of carbonyl (C=O) groups excluding carboxylic acids is 1. The van der Waals surface area contributed by atoms with Gasteiger partial charge in [0.05, 0.1) is 17.0 Å². The van der Waals surface area contributed by atoms with Crippen LogP contribution in [0.5, 0.6) is 0 Å². The summed E-state index contributed by atoms with van der Waals surface area (Å²) < 4.78 is 0. The van der Waals surface area contributed by atoms with E-state index in [2.05, 4.69) is 26.0 Å². The number of para-hydroxylation sites is 1. The fourth-order valence-corrected chi connectivity index (χ4v) is 2.10. The van der Waals surface area contributed by atoms with E-state index in [1.54, 1.807) is 12.1 Å². The quantitative estimate of drug-likeness (QED) is 0.466. The monoisotopic (exact) mass is 338 g/mol. The van der Waals surface area contributed by atoms with Crippen molar-refractivity contribution in [1.29, 1.82) is 0 Å². The number of nitrogens with zero attached hydrogens (tertiary/aromatic N) is 3. The van der Waals surface area contributed by atoms with E-state index in [1.807, 2.05) is 30.3 Å². The summed E-state index contributed by atoms with van der Waals surface area (Å²) in [6.07, 6.45) is 0.0137. The molecule has 0 radical (unpaired) electrons. The maximum absolute atomic E-state index is 11.9. The van der Waals surface area contributed by atoms with Crippen molar-refractivity contribution >= 4 is 17.3 Å². The van der Waals surface area contributed by atoms with Gasteiger partial charge in [-0.05, 0) is 24.3 Å². The molecule has 1 aromatic heterocycles. The van der Waals surface area contributed by atoms with Crippen LogP contribution in [-0.2, 0) is 11.2 Å². The third-order valence-corrected chi connectivity index (χ3v) is 3.32. The number of nitrogens with one attached hydrogen (secondary N) is 3. The number of carbonyl (C=O) groups is 1. The Bertz CT molecular complexity index is 876. The Hall–Kier alpha value is -3.75. The van der Waals surface area contributed by atoms with Crippen molar-refractivity contribution in [1.82, 2.24) is 20.6 Å². The molecule has 0 aliphatic carbocycles. The van der Waals surface area contributed by atoms with Gasteiger partial charge < -0.3 is 0 Å². The Kier molecular flexibility index (Phi) is 4.65. The summed E-state index contributed by atoms with van der Waals surface area (Å²) >= 11 is 0. The Morgan fingerprint density at radius 2 is 1.84 bits per heavy atom. The molecule has 3 N–H and O–H groups in total. The molecular weight excluding hydrogens is 324 g/mol. The van der Waals surface area contributed by atoms with E-state index in [0.717, 1.165) is 5.69 Å². The molecule has 0 fully saturated rings. The average Bonchev–Trinajstić information content (AvgIpc) is 3.09. The van der Waals surface area contributed by atoms with Crippen molar-refractivity contribution in [2.45, 2.75) is 6.42 Å². The highest BCUT2D eigenvalue weighted by Crippen LogP contribution is 2.19. The summed E-state index contributed by atoms with van der Waals surface area (Å²) in [6, 6.07) is 15.1. The van der Waals surface area contributed by atoms with E-state index >= 15 is 0 Å². The molecule has 3 aromatic rings. The summed E-state index contributed by atoms with van der Waals surface area (Å²) in [4.78, 5) is 26.3. The first kappa shape index (κ1) is 16.1. The van der Waals surface area contributed by atoms with Gasteiger partial charge in [0, 0.05) is 17.7 Å². The molecule has 9 heteroatoms. The number of nitro groups is 1. The number of hydrogen-bond acceptors (Lipinski definition) is 6. The predicted octanol–water partition coefficient (Wildman–Crippen LogP) is 2.07. The van der Waals surface area contributed by atoms with Crippen LogP contribution >= 0.6 is 0 Å². The highest BCUT2D eigenvalue weighted by Gasteiger charge is 2.11. The molecule has 0 saturated carbocycles. The van der Waals surface area contributed by atoms with Crippen LogP contribution in [0.4, 0.5) is 11.4 Å². The number of H-pyrrole nitrogens is 1. The van der Waals surface area contributed by atoms with E-state index in [9.17, 15) is 14.9 Å². The zero-order valence-electron chi connectivity index (χ0n) is 13.0. The fourth-order valence-electron chi connectivity index (χ4n) is 2.10. The van der Waals surface area contributed by atoms with E-state index < -0.39 is 4.92 Å². The number of amides is 1. The lowest BCUT2D eigenvalue weighted by Gasteiger charge is -2.06. The number of hydrazine groups is 1. The minimum absolute atomic E-state index is 0.00845. The summed E-state index contributed by atoms with van der Waals surface area (Å²) in [6.45, 7) is 0. The molecule has 0 saturated heterocycles. The molecule has 0 spiro atoms. The molecule has 2 aromatic carbocycles. The van der Waals surface area contributed by atoms with Gasteiger partial charge >= 0.3 is 0 Å². The van der Waals surface area contributed by atoms with Crippen LogP contribution < -0.4 is 10.9 Å². The van der Waals surface area contributed by atoms with Crippen LogP contribution in [0.1, 0.15) is 5.82 Å². The molecule has 0 aliphatic rings. The van der Waals surface area contributed by atoms with Crippen molar-refractivity contribution < 1.29 is 9.72 Å². The minimum atomic E-state index is -0.475. The SMILES string of the molecule is O=C(Cc1nc(-c2ccc([N+](=O)[O-])cc2)n[nH]1)NNc1ccccc1. The topological polar surface area (TPSA) is 126 Å². The first-order valence-corrected chi connectivity index (χ1v) is 7.38. The third kappa shape index (κ3) is 4.16. The molecule has 0 aliphatic heterocycles. The maximum atomic E-state index is 11.9. The van der Waals surface area contributed by atoms with Gasteiger partial charge in [-0.1, -0.05) is 18.2 Å². The molecule has 1 amide bonds. The van der Waals surface area contributed by atoms with Crippen molar-refractivity contribution in [3.8, 4) is 11.4 Å². The lowest BCUT2D eigenvalue weighted by atomic mass is 10.2. The van der Waals surface area contributed by atoms with Gasteiger partial charge in [0.15, 0.2) is 5.82 Å². The second kappa shape index (κ2) is 7.21. The average molecular weight is 338 g/mol. The van der Waals surface area contributed by atoms with Crippen molar-refractivity contribution in [2.75, 3.05) is 5.43 Å². The largest absolute Gasteiger partial charge is 0.299 e. The highest BCUT2D eigenvalue weighted by atomic mass is 16.6. The highest BCUT2D eigenvalue weighted by molar-refractivity contribution is 5.79. The fraction of sp³-hybridized carbons (Fsp3) is 0.0625. The molecule has 0 unspecified atom stereocenters. The lowest BCUT2D eigenvalue weighted by Crippen LogP contribution is -2.30. The standard InChI is InChI=1S/C16H14N6O3/c23-15(20-18-12-4-2-1-3-5-12)10-14-17-16(21-19-14)11-6-8-13(9-7-11)22(24)25/h1-9,18H,10H2,(H,20,23)(H,17,19,21). The van der Waals surface area contributed by atoms with Gasteiger partial charge in [0.1, 0.15) is 5.82 Å². The summed E-state index contributed by atoms with van der Waals surface area (Å²) in [5.41, 5.74) is 6.74. The van der Waals surface area contributed by atoms with Crippen LogP contribution in [-0.4, -0.2) is 26.0 Å². The first-order chi connectivity index (χ1) is 12.1.